The number of benzene rings is 8. The molecule has 2 unspecified atom stereocenters. The van der Waals surface area contributed by atoms with Gasteiger partial charge in [-0.3, -0.25) is 0 Å². The topological polar surface area (TPSA) is 48.5 Å². The molecule has 8 aromatic carbocycles. The Morgan fingerprint density at radius 1 is 0.406 bits per heavy atom. The van der Waals surface area contributed by atoms with Crippen molar-refractivity contribution in [2.24, 2.45) is 0 Å². The molecule has 3 aliphatic carbocycles. The Morgan fingerprint density at radius 3 is 1.59 bits per heavy atom. The van der Waals surface area contributed by atoms with Gasteiger partial charge in [-0.1, -0.05) is 200 Å². The highest BCUT2D eigenvalue weighted by Gasteiger charge is 2.35. The summed E-state index contributed by atoms with van der Waals surface area (Å²) in [6.07, 6.45) is 18.9. The predicted octanol–water partition coefficient (Wildman–Crippen LogP) is 15.8. The lowest BCUT2D eigenvalue weighted by atomic mass is 9.68. The van der Waals surface area contributed by atoms with E-state index in [0.29, 0.717) is 17.5 Å². The number of nitrogens with zero attached hydrogens (tertiary/aromatic N) is 5. The zero-order valence-corrected chi connectivity index (χ0v) is 37.6. The first-order chi connectivity index (χ1) is 34.3. The maximum atomic E-state index is 5.49. The molecular formula is C64H43N5. The molecular weight excluding hydrogens is 839 g/mol. The first kappa shape index (κ1) is 39.3. The van der Waals surface area contributed by atoms with E-state index < -0.39 is 0 Å². The molecule has 0 saturated carbocycles. The van der Waals surface area contributed by atoms with Crippen molar-refractivity contribution in [3.8, 4) is 45.3 Å². The minimum atomic E-state index is 0.0775. The van der Waals surface area contributed by atoms with Crippen LogP contribution in [0.2, 0.25) is 0 Å². The molecule has 0 radical (unpaired) electrons. The molecule has 3 aromatic heterocycles. The van der Waals surface area contributed by atoms with Crippen molar-refractivity contribution in [2.45, 2.75) is 18.3 Å². The standard InChI is InChI=1S/C64H43N5/c1-2-5-21-41(20-4-1)62-65-63(42-22-6-3-7-23-42)67-64(66-62)53-38-39-59(68-55-32-16-12-28-49(55)50-29-13-17-33-56(50)68)61(69-57-34-18-14-30-51(57)52-31-15-19-35-58(52)69)60(53)43-36-37-48-46-26-9-8-24-44(46)45-25-10-11-27-47(45)54(48)40-43/h1,3-40,48,54H,2H2. The first-order valence-corrected chi connectivity index (χ1v) is 23.9. The van der Waals surface area contributed by atoms with Gasteiger partial charge in [-0.25, -0.2) is 15.0 Å². The molecule has 0 bridgehead atoms. The van der Waals surface area contributed by atoms with Crippen LogP contribution in [0.15, 0.2) is 237 Å². The SMILES string of the molecule is C1=CCC=CC(c2nc(-c3ccccc3)nc(-c3ccc(-n4c5ccccc5c5ccccc54)c(-n4c5ccccc5c5ccccc54)c3C3=CC4c5ccccc5-c5ccccc5C4C=C3)n2)=C1. The Morgan fingerprint density at radius 2 is 0.942 bits per heavy atom. The van der Waals surface area contributed by atoms with Gasteiger partial charge in [0.05, 0.1) is 33.4 Å². The number of fused-ring (bicyclic) bond motifs is 12. The van der Waals surface area contributed by atoms with Crippen LogP contribution in [0.4, 0.5) is 0 Å². The van der Waals surface area contributed by atoms with Gasteiger partial charge in [0.15, 0.2) is 17.5 Å². The molecule has 0 saturated heterocycles. The highest BCUT2D eigenvalue weighted by molar-refractivity contribution is 6.12. The number of allylic oxidation sites excluding steroid dienone is 10. The molecule has 3 aliphatic rings. The van der Waals surface area contributed by atoms with Gasteiger partial charge in [-0.15, -0.1) is 0 Å². The zero-order chi connectivity index (χ0) is 45.4. The third-order valence-electron chi connectivity index (χ3n) is 14.4. The fourth-order valence-corrected chi connectivity index (χ4v) is 11.4. The number of rotatable bonds is 6. The molecule has 11 aromatic rings. The summed E-state index contributed by atoms with van der Waals surface area (Å²) in [7, 11) is 0. The summed E-state index contributed by atoms with van der Waals surface area (Å²) in [5.74, 6) is 2.10. The molecule has 14 rings (SSSR count). The second-order valence-electron chi connectivity index (χ2n) is 18.2. The number of hydrogen-bond acceptors (Lipinski definition) is 3. The van der Waals surface area contributed by atoms with Gasteiger partial charge >= 0.3 is 0 Å². The lowest BCUT2D eigenvalue weighted by molar-refractivity contribution is 0.722. The average molecular weight is 882 g/mol. The number of aromatic nitrogens is 5. The highest BCUT2D eigenvalue weighted by atomic mass is 15.1. The smallest absolute Gasteiger partial charge is 0.164 e. The van der Waals surface area contributed by atoms with Crippen LogP contribution in [0, 0.1) is 0 Å². The Kier molecular flexibility index (Phi) is 9.02. The Labute approximate surface area is 399 Å². The predicted molar refractivity (Wildman–Crippen MR) is 285 cm³/mol. The quantitative estimate of drug-likeness (QED) is 0.167. The minimum Gasteiger partial charge on any atom is -0.307 e. The van der Waals surface area contributed by atoms with Gasteiger partial charge in [0.1, 0.15) is 0 Å². The van der Waals surface area contributed by atoms with E-state index in [9.17, 15) is 0 Å². The summed E-state index contributed by atoms with van der Waals surface area (Å²) in [4.78, 5) is 16.2. The lowest BCUT2D eigenvalue weighted by Crippen LogP contribution is -2.18. The number of hydrogen-bond donors (Lipinski definition) is 0. The van der Waals surface area contributed by atoms with Crippen LogP contribution in [0.5, 0.6) is 0 Å². The van der Waals surface area contributed by atoms with Crippen LogP contribution in [-0.4, -0.2) is 24.1 Å². The van der Waals surface area contributed by atoms with Crippen molar-refractivity contribution in [3.63, 3.8) is 0 Å². The van der Waals surface area contributed by atoms with Gasteiger partial charge < -0.3 is 9.13 Å². The summed E-state index contributed by atoms with van der Waals surface area (Å²) in [5, 5.41) is 4.80. The van der Waals surface area contributed by atoms with E-state index in [4.69, 9.17) is 15.0 Å². The van der Waals surface area contributed by atoms with E-state index >= 15 is 0 Å². The van der Waals surface area contributed by atoms with E-state index in [1.165, 1.54) is 43.8 Å². The second kappa shape index (κ2) is 15.9. The van der Waals surface area contributed by atoms with Crippen molar-refractivity contribution in [2.75, 3.05) is 0 Å². The fourth-order valence-electron chi connectivity index (χ4n) is 11.4. The normalized spacial score (nSPS) is 16.1. The Hall–Kier alpha value is -8.93. The molecule has 0 N–H and O–H groups in total. The fraction of sp³-hybridized carbons (Fsp3) is 0.0469. The minimum absolute atomic E-state index is 0.0775. The van der Waals surface area contributed by atoms with Crippen LogP contribution >= 0.6 is 0 Å². The maximum Gasteiger partial charge on any atom is 0.164 e. The van der Waals surface area contributed by atoms with Crippen LogP contribution in [0.3, 0.4) is 0 Å². The number of para-hydroxylation sites is 4. The average Bonchev–Trinajstić information content (AvgIpc) is 3.78. The summed E-state index contributed by atoms with van der Waals surface area (Å²) < 4.78 is 4.98. The van der Waals surface area contributed by atoms with Gasteiger partial charge in [-0.05, 0) is 70.6 Å². The molecule has 0 fully saturated rings. The molecule has 2 atom stereocenters. The lowest BCUT2D eigenvalue weighted by Gasteiger charge is -2.35. The highest BCUT2D eigenvalue weighted by Crippen LogP contribution is 2.53. The summed E-state index contributed by atoms with van der Waals surface area (Å²) in [5.41, 5.74) is 16.8. The molecule has 5 nitrogen and oxygen atoms in total. The monoisotopic (exact) mass is 881 g/mol. The van der Waals surface area contributed by atoms with Gasteiger partial charge in [-0.2, -0.15) is 0 Å². The molecule has 5 heteroatoms. The van der Waals surface area contributed by atoms with E-state index in [-0.39, 0.29) is 11.8 Å². The molecule has 0 aliphatic heterocycles. The van der Waals surface area contributed by atoms with Crippen molar-refractivity contribution in [3.05, 3.63) is 259 Å². The van der Waals surface area contributed by atoms with Gasteiger partial charge in [0, 0.05) is 55.6 Å². The van der Waals surface area contributed by atoms with E-state index in [1.54, 1.807) is 0 Å². The summed E-state index contributed by atoms with van der Waals surface area (Å²) in [6.45, 7) is 0. The third-order valence-corrected chi connectivity index (χ3v) is 14.4. The summed E-state index contributed by atoms with van der Waals surface area (Å²) >= 11 is 0. The third kappa shape index (κ3) is 6.21. The van der Waals surface area contributed by atoms with E-state index in [0.717, 1.165) is 67.7 Å². The first-order valence-electron chi connectivity index (χ1n) is 23.9. The van der Waals surface area contributed by atoms with Crippen LogP contribution in [0.25, 0.3) is 100 Å². The Bertz CT molecular complexity index is 3960. The van der Waals surface area contributed by atoms with Crippen molar-refractivity contribution >= 4 is 54.8 Å². The van der Waals surface area contributed by atoms with Crippen molar-refractivity contribution < 1.29 is 0 Å². The van der Waals surface area contributed by atoms with Gasteiger partial charge in [0.2, 0.25) is 0 Å². The molecule has 0 amide bonds. The maximum absolute atomic E-state index is 5.49. The summed E-state index contributed by atoms with van der Waals surface area (Å²) in [6, 6.07) is 68.1. The molecule has 3 heterocycles. The van der Waals surface area contributed by atoms with Gasteiger partial charge in [0.25, 0.3) is 0 Å². The van der Waals surface area contributed by atoms with E-state index in [1.807, 2.05) is 18.2 Å². The van der Waals surface area contributed by atoms with Crippen molar-refractivity contribution in [1.82, 2.24) is 24.1 Å². The van der Waals surface area contributed by atoms with Crippen LogP contribution < -0.4 is 0 Å². The van der Waals surface area contributed by atoms with Crippen LogP contribution in [-0.2, 0) is 0 Å². The zero-order valence-electron chi connectivity index (χ0n) is 37.6. The molecule has 324 valence electrons. The largest absolute Gasteiger partial charge is 0.307 e. The van der Waals surface area contributed by atoms with Crippen molar-refractivity contribution in [1.29, 1.82) is 0 Å². The second-order valence-corrected chi connectivity index (χ2v) is 18.2. The van der Waals surface area contributed by atoms with Crippen LogP contribution in [0.1, 0.15) is 40.8 Å². The van der Waals surface area contributed by atoms with E-state index in [2.05, 4.69) is 228 Å². The Balaban J connectivity index is 1.15. The molecule has 69 heavy (non-hydrogen) atoms. The molecule has 0 spiro atoms.